The van der Waals surface area contributed by atoms with E-state index in [9.17, 15) is 14.4 Å². The van der Waals surface area contributed by atoms with Crippen molar-refractivity contribution < 1.29 is 14.4 Å². The maximum Gasteiger partial charge on any atom is 0.239 e. The molecule has 0 bridgehead atoms. The van der Waals surface area contributed by atoms with Crippen LogP contribution >= 0.6 is 11.8 Å². The van der Waals surface area contributed by atoms with E-state index >= 15 is 0 Å². The normalized spacial score (nSPS) is 12.0. The first-order valence-corrected chi connectivity index (χ1v) is 10.8. The lowest BCUT2D eigenvalue weighted by atomic mass is 9.83. The van der Waals surface area contributed by atoms with E-state index in [4.69, 9.17) is 0 Å². The minimum atomic E-state index is -0.208. The minimum Gasteiger partial charge on any atom is -0.352 e. The second-order valence-electron chi connectivity index (χ2n) is 7.50. The van der Waals surface area contributed by atoms with Crippen molar-refractivity contribution in [1.82, 2.24) is 10.6 Å². The first kappa shape index (κ1) is 20.2. The molecule has 0 saturated carbocycles. The molecule has 2 N–H and O–H groups in total. The molecule has 3 aromatic rings. The molecule has 4 rings (SSSR count). The van der Waals surface area contributed by atoms with Crippen LogP contribution in [0.4, 0.5) is 0 Å². The summed E-state index contributed by atoms with van der Waals surface area (Å²) in [5.41, 5.74) is 3.39. The molecule has 2 amide bonds. The number of nitrogens with one attached hydrogen (secondary N) is 2. The lowest BCUT2D eigenvalue weighted by Crippen LogP contribution is -2.40. The Bertz CT molecular complexity index is 1170. The van der Waals surface area contributed by atoms with Crippen LogP contribution in [0.2, 0.25) is 0 Å². The molecule has 5 nitrogen and oxygen atoms in total. The van der Waals surface area contributed by atoms with Gasteiger partial charge in [0.1, 0.15) is 0 Å². The van der Waals surface area contributed by atoms with Gasteiger partial charge in [-0.1, -0.05) is 48.5 Å². The van der Waals surface area contributed by atoms with Crippen LogP contribution in [0.5, 0.6) is 0 Å². The van der Waals surface area contributed by atoms with Crippen LogP contribution in [0.1, 0.15) is 29.8 Å². The lowest BCUT2D eigenvalue weighted by molar-refractivity contribution is -0.125. The Kier molecular flexibility index (Phi) is 5.59. The van der Waals surface area contributed by atoms with E-state index in [0.29, 0.717) is 5.56 Å². The van der Waals surface area contributed by atoms with Crippen LogP contribution in [0.25, 0.3) is 21.9 Å². The summed E-state index contributed by atoms with van der Waals surface area (Å²) in [4.78, 5) is 37.8. The fourth-order valence-electron chi connectivity index (χ4n) is 3.73. The predicted molar refractivity (Wildman–Crippen MR) is 120 cm³/mol. The maximum atomic E-state index is 13.0. The van der Waals surface area contributed by atoms with Crippen LogP contribution in [-0.2, 0) is 9.59 Å². The molecule has 0 heterocycles. The molecule has 0 atom stereocenters. The molecule has 0 saturated heterocycles. The Morgan fingerprint density at radius 1 is 0.867 bits per heavy atom. The molecule has 0 spiro atoms. The van der Waals surface area contributed by atoms with Gasteiger partial charge in [-0.3, -0.25) is 14.4 Å². The summed E-state index contributed by atoms with van der Waals surface area (Å²) in [5.74, 6) is -0.194. The van der Waals surface area contributed by atoms with E-state index in [1.165, 1.54) is 11.8 Å². The van der Waals surface area contributed by atoms with E-state index in [1.807, 2.05) is 68.4 Å². The quantitative estimate of drug-likeness (QED) is 0.467. The number of fused-ring (bicyclic) bond motifs is 2. The molecular formula is C24H22N2O3S. The number of ketones is 1. The Labute approximate surface area is 179 Å². The summed E-state index contributed by atoms with van der Waals surface area (Å²) < 4.78 is 0. The Balaban J connectivity index is 1.56. The average molecular weight is 419 g/mol. The fraction of sp³-hybridized carbons (Fsp3) is 0.208. The zero-order valence-corrected chi connectivity index (χ0v) is 17.6. The van der Waals surface area contributed by atoms with Gasteiger partial charge in [0.05, 0.1) is 12.3 Å². The van der Waals surface area contributed by atoms with Gasteiger partial charge in [0.25, 0.3) is 0 Å². The van der Waals surface area contributed by atoms with Gasteiger partial charge in [-0.15, -0.1) is 11.8 Å². The van der Waals surface area contributed by atoms with Crippen molar-refractivity contribution in [1.29, 1.82) is 0 Å². The maximum absolute atomic E-state index is 13.0. The molecule has 152 valence electrons. The third kappa shape index (κ3) is 3.83. The molecule has 6 heteroatoms. The number of hydrogen-bond acceptors (Lipinski definition) is 4. The summed E-state index contributed by atoms with van der Waals surface area (Å²) in [6.45, 7) is 3.71. The van der Waals surface area contributed by atoms with Crippen LogP contribution in [-0.4, -0.2) is 35.9 Å². The van der Waals surface area contributed by atoms with Crippen molar-refractivity contribution in [3.05, 3.63) is 65.7 Å². The lowest BCUT2D eigenvalue weighted by Gasteiger charge is -2.21. The second kappa shape index (κ2) is 8.32. The standard InChI is InChI=1S/C24H22N2O3S/c1-14(2)26-21(27)12-25-22(28)13-30-20-11-10-16-15-6-3-4-7-17(15)24(29)19-9-5-8-18(20)23(16)19/h3-11,14H,12-13H2,1-2H3,(H,25,28)(H,26,27). The Hall–Kier alpha value is -3.12. The minimum absolute atomic E-state index is 0.0276. The first-order chi connectivity index (χ1) is 14.5. The first-order valence-electron chi connectivity index (χ1n) is 9.84. The van der Waals surface area contributed by atoms with E-state index in [2.05, 4.69) is 10.6 Å². The third-order valence-corrected chi connectivity index (χ3v) is 6.04. The van der Waals surface area contributed by atoms with Crippen molar-refractivity contribution in [2.24, 2.45) is 0 Å². The zero-order chi connectivity index (χ0) is 21.3. The van der Waals surface area contributed by atoms with Gasteiger partial charge < -0.3 is 10.6 Å². The van der Waals surface area contributed by atoms with Gasteiger partial charge in [0.2, 0.25) is 11.8 Å². The highest BCUT2D eigenvalue weighted by Gasteiger charge is 2.25. The average Bonchev–Trinajstić information content (AvgIpc) is 2.74. The molecule has 1 aliphatic carbocycles. The smallest absolute Gasteiger partial charge is 0.239 e. The molecule has 0 aromatic heterocycles. The molecular weight excluding hydrogens is 396 g/mol. The van der Waals surface area contributed by atoms with Crippen molar-refractivity contribution in [2.45, 2.75) is 24.8 Å². The van der Waals surface area contributed by atoms with Crippen molar-refractivity contribution >= 4 is 40.1 Å². The van der Waals surface area contributed by atoms with Crippen LogP contribution in [0.15, 0.2) is 59.5 Å². The van der Waals surface area contributed by atoms with Gasteiger partial charge in [-0.2, -0.15) is 0 Å². The molecule has 0 fully saturated rings. The number of benzene rings is 3. The molecule has 0 radical (unpaired) electrons. The van der Waals surface area contributed by atoms with E-state index < -0.39 is 0 Å². The molecule has 30 heavy (non-hydrogen) atoms. The van der Waals surface area contributed by atoms with E-state index in [-0.39, 0.29) is 35.9 Å². The molecule has 1 aliphatic rings. The van der Waals surface area contributed by atoms with E-state index in [0.717, 1.165) is 32.4 Å². The van der Waals surface area contributed by atoms with Crippen LogP contribution < -0.4 is 10.6 Å². The zero-order valence-electron chi connectivity index (χ0n) is 16.8. The van der Waals surface area contributed by atoms with Gasteiger partial charge in [0, 0.05) is 27.5 Å². The molecule has 0 unspecified atom stereocenters. The van der Waals surface area contributed by atoms with Gasteiger partial charge in [-0.25, -0.2) is 0 Å². The highest BCUT2D eigenvalue weighted by molar-refractivity contribution is 8.00. The number of rotatable bonds is 6. The largest absolute Gasteiger partial charge is 0.352 e. The fourth-order valence-corrected chi connectivity index (χ4v) is 4.61. The third-order valence-electron chi connectivity index (χ3n) is 4.96. The van der Waals surface area contributed by atoms with E-state index in [1.54, 1.807) is 0 Å². The van der Waals surface area contributed by atoms with Crippen LogP contribution in [0, 0.1) is 0 Å². The number of carbonyl (C=O) groups excluding carboxylic acids is 3. The Morgan fingerprint density at radius 2 is 1.60 bits per heavy atom. The summed E-state index contributed by atoms with van der Waals surface area (Å²) in [6.07, 6.45) is 0. The second-order valence-corrected chi connectivity index (χ2v) is 8.52. The number of hydrogen-bond donors (Lipinski definition) is 2. The number of thioether (sulfide) groups is 1. The highest BCUT2D eigenvalue weighted by Crippen LogP contribution is 2.42. The van der Waals surface area contributed by atoms with Gasteiger partial charge in [-0.05, 0) is 36.4 Å². The number of carbonyl (C=O) groups is 3. The predicted octanol–water partition coefficient (Wildman–Crippen LogP) is 3.78. The van der Waals surface area contributed by atoms with Gasteiger partial charge in [0.15, 0.2) is 5.78 Å². The highest BCUT2D eigenvalue weighted by atomic mass is 32.2. The topological polar surface area (TPSA) is 75.3 Å². The molecule has 0 aliphatic heterocycles. The van der Waals surface area contributed by atoms with Crippen LogP contribution in [0.3, 0.4) is 0 Å². The summed E-state index contributed by atoms with van der Waals surface area (Å²) in [5, 5.41) is 7.28. The Morgan fingerprint density at radius 3 is 2.37 bits per heavy atom. The SMILES string of the molecule is CC(C)NC(=O)CNC(=O)CSc1ccc2c3c(cccc13)C(=O)c1ccccc1-2. The number of amides is 2. The van der Waals surface area contributed by atoms with Gasteiger partial charge >= 0.3 is 0 Å². The summed E-state index contributed by atoms with van der Waals surface area (Å²) >= 11 is 1.40. The summed E-state index contributed by atoms with van der Waals surface area (Å²) in [6, 6.07) is 17.4. The molecule has 3 aromatic carbocycles. The monoisotopic (exact) mass is 418 g/mol. The summed E-state index contributed by atoms with van der Waals surface area (Å²) in [7, 11) is 0. The van der Waals surface area contributed by atoms with Crippen molar-refractivity contribution in [3.63, 3.8) is 0 Å². The van der Waals surface area contributed by atoms with Crippen molar-refractivity contribution in [3.8, 4) is 11.1 Å². The van der Waals surface area contributed by atoms with Crippen molar-refractivity contribution in [2.75, 3.05) is 12.3 Å².